The first-order valence-corrected chi connectivity index (χ1v) is 34.4. The summed E-state index contributed by atoms with van der Waals surface area (Å²) in [6, 6.07) is 133. The molecule has 0 atom stereocenters. The minimum atomic E-state index is 0. The third-order valence-corrected chi connectivity index (χ3v) is 19.3. The monoisotopic (exact) mass is 1450 g/mol. The second kappa shape index (κ2) is 29.1. The molecule has 99 heavy (non-hydrogen) atoms. The van der Waals surface area contributed by atoms with Crippen molar-refractivity contribution in [3.63, 3.8) is 0 Å². The Morgan fingerprint density at radius 1 is 0.323 bits per heavy atom. The summed E-state index contributed by atoms with van der Waals surface area (Å²) in [5.74, 6) is 0. The van der Waals surface area contributed by atoms with E-state index in [1.807, 2.05) is 18.2 Å². The summed E-state index contributed by atoms with van der Waals surface area (Å²) in [6.45, 7) is 2.26. The fourth-order valence-electron chi connectivity index (χ4n) is 14.2. The molecule has 0 N–H and O–H groups in total. The fraction of sp³-hybridized carbons (Fsp3) is 0.0632. The molecule has 17 rings (SSSR count). The average Bonchev–Trinajstić information content (AvgIpc) is 1.57. The minimum absolute atomic E-state index is 0. The molecule has 0 aliphatic heterocycles. The zero-order valence-corrected chi connectivity index (χ0v) is 57.7. The molecule has 0 amide bonds. The topological polar surface area (TPSA) is 21.1 Å². The van der Waals surface area contributed by atoms with Crippen LogP contribution in [0.15, 0.2) is 358 Å². The van der Waals surface area contributed by atoms with E-state index in [1.165, 1.54) is 142 Å². The predicted octanol–water partition coefficient (Wildman–Crippen LogP) is 26.4. The molecule has 0 spiro atoms. The van der Waals surface area contributed by atoms with Gasteiger partial charge in [0.15, 0.2) is 0 Å². The maximum atomic E-state index is 4.81. The minimum Gasteiger partial charge on any atom is -0.311 e. The number of hydrogen-bond donors (Lipinski definition) is 0. The first-order valence-electron chi connectivity index (χ1n) is 34.4. The van der Waals surface area contributed by atoms with Crippen molar-refractivity contribution in [3.05, 3.63) is 370 Å². The van der Waals surface area contributed by atoms with E-state index in [4.69, 9.17) is 4.98 Å². The first-order chi connectivity index (χ1) is 48.5. The number of aromatic nitrogens is 2. The van der Waals surface area contributed by atoms with Crippen LogP contribution in [-0.2, 0) is 26.5 Å². The van der Waals surface area contributed by atoms with Crippen LogP contribution in [0.1, 0.15) is 38.2 Å². The molecule has 3 nitrogen and oxygen atoms in total. The zero-order valence-electron chi connectivity index (χ0n) is 55.3. The van der Waals surface area contributed by atoms with Crippen LogP contribution >= 0.6 is 0 Å². The summed E-state index contributed by atoms with van der Waals surface area (Å²) in [6.07, 6.45) is 6.41. The molecular formula is C95H72IrN3-. The molecule has 0 fully saturated rings. The Balaban J connectivity index is 0.000000231. The second-order valence-electron chi connectivity index (χ2n) is 25.5. The maximum Gasteiger partial charge on any atom is 0.0595 e. The molecule has 0 bridgehead atoms. The van der Waals surface area contributed by atoms with Gasteiger partial charge in [0.25, 0.3) is 0 Å². The van der Waals surface area contributed by atoms with Gasteiger partial charge < -0.3 is 9.47 Å². The molecular weight excluding hydrogens is 1380 g/mol. The van der Waals surface area contributed by atoms with E-state index in [9.17, 15) is 0 Å². The Bertz CT molecular complexity index is 5440. The Hall–Kier alpha value is -11.5. The van der Waals surface area contributed by atoms with Gasteiger partial charge in [0.2, 0.25) is 0 Å². The van der Waals surface area contributed by atoms with Crippen LogP contribution < -0.4 is 4.90 Å². The molecule has 477 valence electrons. The maximum absolute atomic E-state index is 4.81. The van der Waals surface area contributed by atoms with Gasteiger partial charge in [-0.3, -0.25) is 4.98 Å². The van der Waals surface area contributed by atoms with Crippen molar-refractivity contribution in [2.45, 2.75) is 39.0 Å². The largest absolute Gasteiger partial charge is 0.311 e. The number of unbranched alkanes of at least 4 members (excludes halogenated alkanes) is 3. The molecule has 0 unspecified atom stereocenters. The number of anilines is 3. The molecule has 2 aromatic heterocycles. The van der Waals surface area contributed by atoms with E-state index >= 15 is 0 Å². The van der Waals surface area contributed by atoms with Gasteiger partial charge in [-0.2, -0.15) is 0 Å². The summed E-state index contributed by atoms with van der Waals surface area (Å²) in [4.78, 5) is 7.18. The van der Waals surface area contributed by atoms with Crippen LogP contribution in [-0.4, -0.2) is 9.55 Å². The van der Waals surface area contributed by atoms with E-state index in [1.54, 1.807) is 0 Å². The van der Waals surface area contributed by atoms with Gasteiger partial charge in [-0.1, -0.05) is 287 Å². The van der Waals surface area contributed by atoms with Crippen molar-refractivity contribution in [1.29, 1.82) is 0 Å². The summed E-state index contributed by atoms with van der Waals surface area (Å²) in [5, 5.41) is 8.71. The Morgan fingerprint density at radius 3 is 1.30 bits per heavy atom. The van der Waals surface area contributed by atoms with Crippen LogP contribution in [0.5, 0.6) is 0 Å². The number of rotatable bonds is 16. The molecule has 0 saturated carbocycles. The molecule has 4 heteroatoms. The van der Waals surface area contributed by atoms with Gasteiger partial charge in [-0.05, 0) is 191 Å². The van der Waals surface area contributed by atoms with Gasteiger partial charge in [0, 0.05) is 53.6 Å². The summed E-state index contributed by atoms with van der Waals surface area (Å²) >= 11 is 0. The zero-order chi connectivity index (χ0) is 65.6. The van der Waals surface area contributed by atoms with Crippen LogP contribution in [0.4, 0.5) is 17.1 Å². The average molecular weight is 1450 g/mol. The number of hydrogen-bond acceptors (Lipinski definition) is 2. The second-order valence-corrected chi connectivity index (χ2v) is 25.5. The number of para-hydroxylation sites is 3. The fourth-order valence-corrected chi connectivity index (χ4v) is 14.2. The molecule has 1 radical (unpaired) electrons. The van der Waals surface area contributed by atoms with E-state index in [0.29, 0.717) is 0 Å². The Kier molecular flexibility index (Phi) is 18.6. The van der Waals surface area contributed by atoms with E-state index < -0.39 is 0 Å². The number of fused-ring (bicyclic) bond motifs is 6. The molecule has 15 aromatic carbocycles. The SMILES string of the molecule is CCCCCCc1ccc(-c2cc[c-]c(-c3ccc4ccccc4n3)c2)cc1.[Ir].c1cc(-c2ccc(N(c3ccc(-c4cccc(-c5cccc6ccccc56)c4)cc3)c3ccc(-c4cccc(-n5c6ccccc6c6ccccc65)c4)cc3)cc2)cc(-c2cccc3ccccc23)c1. The van der Waals surface area contributed by atoms with Gasteiger partial charge in [0.1, 0.15) is 0 Å². The standard InChI is InChI=1S/C68H46N2.C27H26N.Ir/c1-3-24-61-50(14-1)16-12-28-63(61)55-21-9-18-52(44-55)47-32-38-57(39-33-47)69(58-40-34-48(35-41-58)53-19-10-22-56(45-53)64-29-13-17-51-15-2-4-25-62(51)64)59-42-36-49(37-43-59)54-20-11-23-60(46-54)70-67-30-7-5-26-65(67)66-27-6-8-31-68(66)70;1-2-3-4-5-9-21-14-16-22(17-15-21)24-11-8-12-25(20-24)27-19-18-23-10-6-7-13-26(23)28-27;/h1-46H;6-8,10-11,13-20H,2-5,9H2,1H3;/q;-1;. The van der Waals surface area contributed by atoms with Crippen molar-refractivity contribution in [2.24, 2.45) is 0 Å². The van der Waals surface area contributed by atoms with Crippen molar-refractivity contribution >= 4 is 71.3 Å². The Morgan fingerprint density at radius 2 is 0.758 bits per heavy atom. The van der Waals surface area contributed by atoms with Crippen LogP contribution in [0, 0.1) is 6.07 Å². The number of benzene rings is 15. The molecule has 0 aliphatic carbocycles. The van der Waals surface area contributed by atoms with Crippen LogP contribution in [0.3, 0.4) is 0 Å². The van der Waals surface area contributed by atoms with Crippen LogP contribution in [0.2, 0.25) is 0 Å². The van der Waals surface area contributed by atoms with Crippen molar-refractivity contribution in [1.82, 2.24) is 9.55 Å². The van der Waals surface area contributed by atoms with Crippen molar-refractivity contribution < 1.29 is 20.1 Å². The van der Waals surface area contributed by atoms with Gasteiger partial charge in [-0.25, -0.2) is 0 Å². The van der Waals surface area contributed by atoms with Crippen molar-refractivity contribution in [2.75, 3.05) is 4.90 Å². The number of aryl methyl sites for hydroxylation is 1. The quantitative estimate of drug-likeness (QED) is 0.0710. The summed E-state index contributed by atoms with van der Waals surface area (Å²) in [5.41, 5.74) is 25.7. The number of pyridine rings is 1. The Labute approximate surface area is 594 Å². The van der Waals surface area contributed by atoms with Gasteiger partial charge in [0.05, 0.1) is 16.6 Å². The van der Waals surface area contributed by atoms with Gasteiger partial charge in [-0.15, -0.1) is 35.4 Å². The van der Waals surface area contributed by atoms with Crippen molar-refractivity contribution in [3.8, 4) is 83.7 Å². The predicted molar refractivity (Wildman–Crippen MR) is 417 cm³/mol. The van der Waals surface area contributed by atoms with Crippen LogP contribution in [0.25, 0.3) is 138 Å². The third kappa shape index (κ3) is 13.4. The van der Waals surface area contributed by atoms with Gasteiger partial charge >= 0.3 is 0 Å². The van der Waals surface area contributed by atoms with E-state index in [2.05, 4.69) is 362 Å². The molecule has 0 aliphatic rings. The summed E-state index contributed by atoms with van der Waals surface area (Å²) in [7, 11) is 0. The van der Waals surface area contributed by atoms with E-state index in [0.717, 1.165) is 50.5 Å². The molecule has 0 saturated heterocycles. The smallest absolute Gasteiger partial charge is 0.0595 e. The molecule has 2 heterocycles. The third-order valence-electron chi connectivity index (χ3n) is 19.3. The van der Waals surface area contributed by atoms with E-state index in [-0.39, 0.29) is 20.1 Å². The molecule has 17 aromatic rings. The number of nitrogens with zero attached hydrogens (tertiary/aromatic N) is 3. The first kappa shape index (κ1) is 63.5. The summed E-state index contributed by atoms with van der Waals surface area (Å²) < 4.78 is 2.39. The normalized spacial score (nSPS) is 11.2.